The van der Waals surface area contributed by atoms with Gasteiger partial charge in [0.25, 0.3) is 0 Å². The van der Waals surface area contributed by atoms with Crippen molar-refractivity contribution >= 4 is 17.9 Å². The van der Waals surface area contributed by atoms with Crippen LogP contribution in [0.2, 0.25) is 0 Å². The predicted molar refractivity (Wildman–Crippen MR) is 357 cm³/mol. The lowest BCUT2D eigenvalue weighted by atomic mass is 10.0. The molecule has 0 aliphatic rings. The third-order valence-electron chi connectivity index (χ3n) is 14.4. The van der Waals surface area contributed by atoms with E-state index in [1.54, 1.807) is 0 Å². The second-order valence-corrected chi connectivity index (χ2v) is 22.3. The van der Waals surface area contributed by atoms with Crippen molar-refractivity contribution in [3.63, 3.8) is 0 Å². The van der Waals surface area contributed by atoms with E-state index in [1.165, 1.54) is 128 Å². The van der Waals surface area contributed by atoms with Crippen LogP contribution in [0.15, 0.2) is 134 Å². The highest BCUT2D eigenvalue weighted by Gasteiger charge is 2.19. The van der Waals surface area contributed by atoms with Crippen LogP contribution in [0.1, 0.15) is 310 Å². The first-order valence-electron chi connectivity index (χ1n) is 34.2. The maximum atomic E-state index is 12.9. The molecule has 0 amide bonds. The van der Waals surface area contributed by atoms with E-state index in [4.69, 9.17) is 14.2 Å². The van der Waals surface area contributed by atoms with E-state index in [1.807, 2.05) is 0 Å². The van der Waals surface area contributed by atoms with Crippen molar-refractivity contribution in [1.82, 2.24) is 0 Å². The largest absolute Gasteiger partial charge is 0.462 e. The first-order valence-corrected chi connectivity index (χ1v) is 34.2. The molecule has 0 bridgehead atoms. The Bertz CT molecular complexity index is 1730. The smallest absolute Gasteiger partial charge is 0.306 e. The molecule has 0 saturated carbocycles. The lowest BCUT2D eigenvalue weighted by molar-refractivity contribution is -0.167. The van der Waals surface area contributed by atoms with Crippen LogP contribution in [0.4, 0.5) is 0 Å². The molecule has 0 spiro atoms. The highest BCUT2D eigenvalue weighted by molar-refractivity contribution is 5.71. The monoisotopic (exact) mass is 1130 g/mol. The topological polar surface area (TPSA) is 78.9 Å². The molecule has 466 valence electrons. The summed E-state index contributed by atoms with van der Waals surface area (Å²) in [6.45, 7) is 6.40. The first kappa shape index (κ1) is 77.5. The summed E-state index contributed by atoms with van der Waals surface area (Å²) in [4.78, 5) is 38.4. The van der Waals surface area contributed by atoms with Gasteiger partial charge >= 0.3 is 17.9 Å². The fourth-order valence-electron chi connectivity index (χ4n) is 9.32. The molecule has 0 saturated heterocycles. The number of ether oxygens (including phenoxy) is 3. The maximum Gasteiger partial charge on any atom is 0.306 e. The van der Waals surface area contributed by atoms with Crippen molar-refractivity contribution in [3.05, 3.63) is 134 Å². The molecule has 0 radical (unpaired) electrons. The minimum atomic E-state index is -0.795. The Morgan fingerprint density at radius 1 is 0.256 bits per heavy atom. The number of hydrogen-bond acceptors (Lipinski definition) is 6. The van der Waals surface area contributed by atoms with Gasteiger partial charge in [-0.05, 0) is 135 Å². The van der Waals surface area contributed by atoms with Gasteiger partial charge in [0.05, 0.1) is 0 Å². The second kappa shape index (κ2) is 69.0. The fourth-order valence-corrected chi connectivity index (χ4v) is 9.32. The summed E-state index contributed by atoms with van der Waals surface area (Å²) in [6.07, 6.45) is 97.5. The van der Waals surface area contributed by atoms with E-state index in [2.05, 4.69) is 154 Å². The van der Waals surface area contributed by atoms with Crippen molar-refractivity contribution < 1.29 is 28.6 Å². The minimum absolute atomic E-state index is 0.0894. The zero-order chi connectivity index (χ0) is 59.2. The summed E-state index contributed by atoms with van der Waals surface area (Å²) >= 11 is 0. The zero-order valence-electron chi connectivity index (χ0n) is 53.5. The minimum Gasteiger partial charge on any atom is -0.462 e. The SMILES string of the molecule is CC/C=C\C/C=C\C/C=C\C/C=C\C/C=C\C/C=C\CCCCCCCCCCCCCCC(=O)OCC(COC(=O)CCCCCCC/C=C\CCCCCCC)OC(=O)CCCCCCCC/C=C\C/C=C\C/C=C\C/C=C\CC. The Labute approximate surface area is 506 Å². The van der Waals surface area contributed by atoms with Gasteiger partial charge < -0.3 is 14.2 Å². The van der Waals surface area contributed by atoms with E-state index in [0.29, 0.717) is 19.3 Å². The van der Waals surface area contributed by atoms with Crippen LogP contribution in [0.3, 0.4) is 0 Å². The van der Waals surface area contributed by atoms with E-state index < -0.39 is 6.10 Å². The van der Waals surface area contributed by atoms with Gasteiger partial charge in [0.2, 0.25) is 0 Å². The summed E-state index contributed by atoms with van der Waals surface area (Å²) in [5.41, 5.74) is 0. The molecule has 0 aliphatic heterocycles. The molecule has 1 unspecified atom stereocenters. The molecule has 0 aromatic heterocycles. The van der Waals surface area contributed by atoms with E-state index in [0.717, 1.165) is 141 Å². The molecule has 0 fully saturated rings. The Morgan fingerprint density at radius 3 is 0.756 bits per heavy atom. The summed E-state index contributed by atoms with van der Waals surface area (Å²) in [7, 11) is 0. The number of allylic oxidation sites excluding steroid dienone is 22. The van der Waals surface area contributed by atoms with Crippen LogP contribution >= 0.6 is 0 Å². The summed E-state index contributed by atoms with van der Waals surface area (Å²) in [5, 5.41) is 0. The second-order valence-electron chi connectivity index (χ2n) is 22.3. The average molecular weight is 1140 g/mol. The van der Waals surface area contributed by atoms with Gasteiger partial charge in [-0.15, -0.1) is 0 Å². The molecule has 0 aromatic carbocycles. The van der Waals surface area contributed by atoms with Crippen molar-refractivity contribution in [2.75, 3.05) is 13.2 Å². The highest BCUT2D eigenvalue weighted by Crippen LogP contribution is 2.16. The third kappa shape index (κ3) is 66.4. The number of carbonyl (C=O) groups excluding carboxylic acids is 3. The van der Waals surface area contributed by atoms with Crippen molar-refractivity contribution in [2.45, 2.75) is 316 Å². The van der Waals surface area contributed by atoms with Crippen LogP contribution in [0.5, 0.6) is 0 Å². The average Bonchev–Trinajstić information content (AvgIpc) is 3.47. The molecule has 0 N–H and O–H groups in total. The fraction of sp³-hybridized carbons (Fsp3) is 0.671. The first-order chi connectivity index (χ1) is 40.5. The Kier molecular flexibility index (Phi) is 65.3. The summed E-state index contributed by atoms with van der Waals surface area (Å²) < 4.78 is 16.9. The molecule has 1 atom stereocenters. The number of hydrogen-bond donors (Lipinski definition) is 0. The van der Waals surface area contributed by atoms with Gasteiger partial charge in [-0.1, -0.05) is 289 Å². The van der Waals surface area contributed by atoms with Gasteiger partial charge in [-0.3, -0.25) is 14.4 Å². The standard InChI is InChI=1S/C76H126O6/c1-4-7-10-13-16-19-22-25-28-30-32-33-34-35-36-37-38-39-40-41-42-43-45-46-48-51-54-57-60-63-66-69-75(78)81-72-73(71-80-74(77)68-65-62-59-56-53-50-27-24-21-18-15-12-9-6-3)82-76(79)70-67-64-61-58-55-52-49-47-44-31-29-26-23-20-17-14-11-8-5-2/h7-8,10-11,16-17,19-20,24-29,32-33,35-36,38-39,44,47,73H,4-6,9,12-15,18,21-23,30-31,34,37,40-43,45-46,48-72H2,1-3H3/b10-7-,11-8-,19-16-,20-17-,27-24-,28-25-,29-26-,33-32-,36-35-,39-38-,47-44-. The summed E-state index contributed by atoms with van der Waals surface area (Å²) in [6, 6.07) is 0. The normalized spacial score (nSPS) is 13.0. The number of esters is 3. The van der Waals surface area contributed by atoms with E-state index in [9.17, 15) is 14.4 Å². The van der Waals surface area contributed by atoms with Crippen LogP contribution in [0.25, 0.3) is 0 Å². The third-order valence-corrected chi connectivity index (χ3v) is 14.4. The maximum absolute atomic E-state index is 12.9. The number of rotatable bonds is 61. The number of carbonyl (C=O) groups is 3. The molecular weight excluding hydrogens is 1010 g/mol. The van der Waals surface area contributed by atoms with Gasteiger partial charge in [-0.25, -0.2) is 0 Å². The van der Waals surface area contributed by atoms with Crippen molar-refractivity contribution in [2.24, 2.45) is 0 Å². The van der Waals surface area contributed by atoms with E-state index in [-0.39, 0.29) is 31.1 Å². The van der Waals surface area contributed by atoms with Crippen LogP contribution in [-0.4, -0.2) is 37.2 Å². The van der Waals surface area contributed by atoms with Crippen molar-refractivity contribution in [1.29, 1.82) is 0 Å². The molecular formula is C76H126O6. The molecule has 82 heavy (non-hydrogen) atoms. The van der Waals surface area contributed by atoms with Crippen LogP contribution in [0, 0.1) is 0 Å². The molecule has 0 rings (SSSR count). The lowest BCUT2D eigenvalue weighted by Gasteiger charge is -2.18. The van der Waals surface area contributed by atoms with Gasteiger partial charge in [-0.2, -0.15) is 0 Å². The zero-order valence-corrected chi connectivity index (χ0v) is 53.5. The van der Waals surface area contributed by atoms with Gasteiger partial charge in [0.15, 0.2) is 6.10 Å². The Hall–Kier alpha value is -4.45. The van der Waals surface area contributed by atoms with Crippen molar-refractivity contribution in [3.8, 4) is 0 Å². The lowest BCUT2D eigenvalue weighted by Crippen LogP contribution is -2.30. The van der Waals surface area contributed by atoms with Gasteiger partial charge in [0.1, 0.15) is 13.2 Å². The molecule has 0 heterocycles. The number of unbranched alkanes of at least 4 members (excludes halogenated alkanes) is 28. The predicted octanol–water partition coefficient (Wildman–Crippen LogP) is 23.7. The van der Waals surface area contributed by atoms with Crippen LogP contribution < -0.4 is 0 Å². The van der Waals surface area contributed by atoms with E-state index >= 15 is 0 Å². The highest BCUT2D eigenvalue weighted by atomic mass is 16.6. The molecule has 6 heteroatoms. The van der Waals surface area contributed by atoms with Crippen LogP contribution in [-0.2, 0) is 28.6 Å². The Balaban J connectivity index is 4.31. The van der Waals surface area contributed by atoms with Gasteiger partial charge in [0, 0.05) is 19.3 Å². The Morgan fingerprint density at radius 2 is 0.476 bits per heavy atom. The quantitative estimate of drug-likeness (QED) is 0.0261. The molecule has 0 aromatic rings. The molecule has 0 aliphatic carbocycles. The molecule has 6 nitrogen and oxygen atoms in total. The summed E-state index contributed by atoms with van der Waals surface area (Å²) in [5.74, 6) is -0.907.